The van der Waals surface area contributed by atoms with Crippen molar-refractivity contribution in [2.45, 2.75) is 38.9 Å². The van der Waals surface area contributed by atoms with Crippen LogP contribution in [0.15, 0.2) is 54.9 Å². The third-order valence-electron chi connectivity index (χ3n) is 6.25. The zero-order chi connectivity index (χ0) is 27.2. The number of rotatable bonds is 5. The first kappa shape index (κ1) is 26.1. The minimum absolute atomic E-state index is 0.214. The maximum absolute atomic E-state index is 12.8. The molecule has 0 saturated carbocycles. The van der Waals surface area contributed by atoms with E-state index >= 15 is 0 Å². The summed E-state index contributed by atoms with van der Waals surface area (Å²) in [4.78, 5) is 63.0. The lowest BCUT2D eigenvalue weighted by Crippen LogP contribution is -2.52. The summed E-state index contributed by atoms with van der Waals surface area (Å²) < 4.78 is 1.92. The van der Waals surface area contributed by atoms with E-state index in [1.807, 2.05) is 42.0 Å². The number of hydrogen-bond acceptors (Lipinski definition) is 6. The molecule has 3 aromatic rings. The maximum Gasteiger partial charge on any atom is 0.319 e. The molecule has 12 heteroatoms. The third kappa shape index (κ3) is 5.69. The molecule has 0 spiro atoms. The second-order valence-corrected chi connectivity index (χ2v) is 8.70. The summed E-state index contributed by atoms with van der Waals surface area (Å²) in [5, 5.41) is 14.9. The highest BCUT2D eigenvalue weighted by Gasteiger charge is 2.39. The molecule has 1 fully saturated rings. The molecule has 1 atom stereocenters. The van der Waals surface area contributed by atoms with Crippen molar-refractivity contribution in [3.63, 3.8) is 0 Å². The van der Waals surface area contributed by atoms with Gasteiger partial charge in [-0.2, -0.15) is 0 Å². The van der Waals surface area contributed by atoms with Crippen molar-refractivity contribution in [3.05, 3.63) is 77.4 Å². The van der Waals surface area contributed by atoms with Gasteiger partial charge in [-0.1, -0.05) is 18.2 Å². The fourth-order valence-electron chi connectivity index (χ4n) is 4.48. The van der Waals surface area contributed by atoms with Crippen LogP contribution in [0.1, 0.15) is 40.2 Å². The molecule has 0 aliphatic carbocycles. The van der Waals surface area contributed by atoms with Gasteiger partial charge in [-0.25, -0.2) is 9.78 Å². The van der Waals surface area contributed by atoms with Crippen molar-refractivity contribution in [1.82, 2.24) is 25.1 Å². The number of nitrogens with one attached hydrogen (secondary N) is 3. The van der Waals surface area contributed by atoms with Crippen LogP contribution in [-0.4, -0.2) is 55.8 Å². The number of piperidine rings is 1. The summed E-state index contributed by atoms with van der Waals surface area (Å²) in [5.41, 5.74) is 3.70. The summed E-state index contributed by atoms with van der Waals surface area (Å²) in [7, 11) is 0. The fourth-order valence-corrected chi connectivity index (χ4v) is 4.48. The molecule has 12 nitrogen and oxygen atoms in total. The number of hydrogen-bond donors (Lipinski definition) is 4. The highest BCUT2D eigenvalue weighted by Crippen LogP contribution is 2.28. The van der Waals surface area contributed by atoms with Crippen LogP contribution < -0.4 is 16.0 Å². The van der Waals surface area contributed by atoms with E-state index in [9.17, 15) is 19.2 Å². The summed E-state index contributed by atoms with van der Waals surface area (Å²) in [6.45, 7) is 2.22. The first-order valence-corrected chi connectivity index (χ1v) is 11.8. The van der Waals surface area contributed by atoms with Gasteiger partial charge in [0.05, 0.1) is 0 Å². The van der Waals surface area contributed by atoms with Crippen molar-refractivity contribution in [3.8, 4) is 5.69 Å². The van der Waals surface area contributed by atoms with Gasteiger partial charge in [0.25, 0.3) is 12.4 Å². The molecule has 4 N–H and O–H groups in total. The van der Waals surface area contributed by atoms with Crippen molar-refractivity contribution in [2.24, 2.45) is 0 Å². The first-order valence-electron chi connectivity index (χ1n) is 11.8. The molecule has 1 saturated heterocycles. The Balaban J connectivity index is 0.00000107. The Hall–Kier alpha value is -5.00. The van der Waals surface area contributed by atoms with Gasteiger partial charge in [-0.3, -0.25) is 24.5 Å². The summed E-state index contributed by atoms with van der Waals surface area (Å²) in [6.07, 6.45) is 4.11. The average molecular weight is 519 g/mol. The molecule has 5 amide bonds. The van der Waals surface area contributed by atoms with Gasteiger partial charge in [0.1, 0.15) is 11.9 Å². The Labute approximate surface area is 217 Å². The van der Waals surface area contributed by atoms with E-state index in [2.05, 4.69) is 20.9 Å². The number of imide groups is 1. The Morgan fingerprint density at radius 2 is 2.00 bits per heavy atom. The van der Waals surface area contributed by atoms with E-state index in [1.54, 1.807) is 24.4 Å². The molecule has 2 aliphatic rings. The van der Waals surface area contributed by atoms with Crippen molar-refractivity contribution in [2.75, 3.05) is 5.32 Å². The number of carbonyl (C=O) groups is 5. The SMILES string of the molecule is Cc1nccn1-c1cccc(NC(=O)NCc2ccc3c(c2)CN(C2CCC(=O)NC2=O)C3=O)c1.O=CO. The third-order valence-corrected chi connectivity index (χ3v) is 6.25. The average Bonchev–Trinajstić information content (AvgIpc) is 3.46. The highest BCUT2D eigenvalue weighted by atomic mass is 16.3. The number of aryl methyl sites for hydroxylation is 1. The van der Waals surface area contributed by atoms with Gasteiger partial charge in [-0.05, 0) is 48.7 Å². The Kier molecular flexibility index (Phi) is 7.80. The molecule has 5 rings (SSSR count). The lowest BCUT2D eigenvalue weighted by Gasteiger charge is -2.29. The molecule has 0 radical (unpaired) electrons. The Bertz CT molecular complexity index is 1400. The largest absolute Gasteiger partial charge is 0.483 e. The van der Waals surface area contributed by atoms with Crippen LogP contribution in [0.25, 0.3) is 5.69 Å². The van der Waals surface area contributed by atoms with Gasteiger partial charge < -0.3 is 25.2 Å². The second-order valence-electron chi connectivity index (χ2n) is 8.70. The summed E-state index contributed by atoms with van der Waals surface area (Å²) >= 11 is 0. The number of anilines is 1. The monoisotopic (exact) mass is 518 g/mol. The number of benzene rings is 2. The maximum atomic E-state index is 12.8. The highest BCUT2D eigenvalue weighted by molar-refractivity contribution is 6.05. The van der Waals surface area contributed by atoms with Crippen molar-refractivity contribution < 1.29 is 29.1 Å². The number of aromatic nitrogens is 2. The predicted octanol–water partition coefficient (Wildman–Crippen LogP) is 1.96. The van der Waals surface area contributed by atoms with Gasteiger partial charge in [-0.15, -0.1) is 0 Å². The summed E-state index contributed by atoms with van der Waals surface area (Å²) in [6, 6.07) is 11.8. The number of carboxylic acid groups (broad SMARTS) is 1. The quantitative estimate of drug-likeness (QED) is 0.296. The zero-order valence-corrected chi connectivity index (χ0v) is 20.5. The van der Waals surface area contributed by atoms with Crippen LogP contribution in [0.3, 0.4) is 0 Å². The van der Waals surface area contributed by atoms with E-state index in [0.717, 1.165) is 22.6 Å². The minimum Gasteiger partial charge on any atom is -0.483 e. The van der Waals surface area contributed by atoms with Crippen LogP contribution in [0.4, 0.5) is 10.5 Å². The standard InChI is InChI=1S/C25H24N6O4.CH2O2/c1-15-26-9-10-30(15)19-4-2-3-18(12-19)28-25(35)27-13-16-5-6-20-17(11-16)14-31(24(20)34)21-7-8-22(32)29-23(21)33;2-1-3/h2-6,9-12,21H,7-8,13-14H2,1H3,(H2,27,28,35)(H,29,32,33);1H,(H,2,3). The molecule has 2 aliphatic heterocycles. The minimum atomic E-state index is -0.651. The van der Waals surface area contributed by atoms with Gasteiger partial charge >= 0.3 is 6.03 Å². The normalized spacial score (nSPS) is 16.2. The summed E-state index contributed by atoms with van der Waals surface area (Å²) in [5.74, 6) is -0.128. The van der Waals surface area contributed by atoms with Gasteiger partial charge in [0.2, 0.25) is 11.8 Å². The predicted molar refractivity (Wildman–Crippen MR) is 135 cm³/mol. The number of urea groups is 1. The van der Waals surface area contributed by atoms with Crippen LogP contribution in [-0.2, 0) is 27.5 Å². The fraction of sp³-hybridized carbons (Fsp3) is 0.231. The number of amides is 5. The Morgan fingerprint density at radius 3 is 2.71 bits per heavy atom. The number of carbonyl (C=O) groups excluding carboxylic acids is 4. The number of imidazole rings is 1. The van der Waals surface area contributed by atoms with E-state index < -0.39 is 11.9 Å². The van der Waals surface area contributed by atoms with E-state index in [4.69, 9.17) is 9.90 Å². The smallest absolute Gasteiger partial charge is 0.319 e. The second kappa shape index (κ2) is 11.4. The molecule has 0 bridgehead atoms. The van der Waals surface area contributed by atoms with E-state index in [0.29, 0.717) is 24.2 Å². The molecule has 38 heavy (non-hydrogen) atoms. The molecule has 196 valence electrons. The van der Waals surface area contributed by atoms with Crippen LogP contribution in [0, 0.1) is 6.92 Å². The van der Waals surface area contributed by atoms with E-state index in [-0.39, 0.29) is 37.3 Å². The van der Waals surface area contributed by atoms with E-state index in [1.165, 1.54) is 4.90 Å². The number of fused-ring (bicyclic) bond motifs is 1. The van der Waals surface area contributed by atoms with Crippen LogP contribution >= 0.6 is 0 Å². The number of nitrogens with zero attached hydrogens (tertiary/aromatic N) is 3. The topological polar surface area (TPSA) is 163 Å². The molecule has 3 heterocycles. The van der Waals surface area contributed by atoms with Crippen LogP contribution in [0.2, 0.25) is 0 Å². The van der Waals surface area contributed by atoms with Crippen LogP contribution in [0.5, 0.6) is 0 Å². The lowest BCUT2D eigenvalue weighted by molar-refractivity contribution is -0.137. The van der Waals surface area contributed by atoms with Crippen molar-refractivity contribution in [1.29, 1.82) is 0 Å². The zero-order valence-electron chi connectivity index (χ0n) is 20.5. The molecular formula is C26H26N6O6. The lowest BCUT2D eigenvalue weighted by atomic mass is 10.0. The van der Waals surface area contributed by atoms with Crippen molar-refractivity contribution >= 4 is 35.9 Å². The molecule has 2 aromatic carbocycles. The Morgan fingerprint density at radius 1 is 1.21 bits per heavy atom. The molecular weight excluding hydrogens is 492 g/mol. The van der Waals surface area contributed by atoms with Gasteiger partial charge in [0.15, 0.2) is 0 Å². The first-order chi connectivity index (χ1) is 18.3. The molecule has 1 unspecified atom stereocenters. The molecule has 1 aromatic heterocycles. The van der Waals surface area contributed by atoms with Gasteiger partial charge in [0, 0.05) is 48.8 Å².